The van der Waals surface area contributed by atoms with Gasteiger partial charge in [-0.05, 0) is 20.3 Å². The summed E-state index contributed by atoms with van der Waals surface area (Å²) in [6, 6.07) is 1.29. The highest BCUT2D eigenvalue weighted by Gasteiger charge is 2.23. The summed E-state index contributed by atoms with van der Waals surface area (Å²) in [7, 11) is 1.63. The summed E-state index contributed by atoms with van der Waals surface area (Å²) < 4.78 is 0. The standard InChI is InChI=1S/C13H20N4O3/c1-5-6-16(9(2)3)13(18)11-7-10(17(19)20)8-15-12(11)14-4/h7-9H,5-6H2,1-4H3,(H,14,15). The number of pyridine rings is 1. The largest absolute Gasteiger partial charge is 0.372 e. The van der Waals surface area contributed by atoms with Crippen LogP contribution in [0.5, 0.6) is 0 Å². The lowest BCUT2D eigenvalue weighted by molar-refractivity contribution is -0.385. The number of carbonyl (C=O) groups is 1. The van der Waals surface area contributed by atoms with Gasteiger partial charge in [-0.15, -0.1) is 0 Å². The Morgan fingerprint density at radius 1 is 1.55 bits per heavy atom. The monoisotopic (exact) mass is 280 g/mol. The van der Waals surface area contributed by atoms with Crippen LogP contribution in [0.4, 0.5) is 11.5 Å². The van der Waals surface area contributed by atoms with Gasteiger partial charge < -0.3 is 10.2 Å². The van der Waals surface area contributed by atoms with Crippen molar-refractivity contribution in [3.05, 3.63) is 27.9 Å². The van der Waals surface area contributed by atoms with Crippen molar-refractivity contribution in [1.29, 1.82) is 0 Å². The Labute approximate surface area is 118 Å². The van der Waals surface area contributed by atoms with E-state index < -0.39 is 4.92 Å². The van der Waals surface area contributed by atoms with Gasteiger partial charge in [0.05, 0.1) is 10.5 Å². The normalized spacial score (nSPS) is 10.4. The smallest absolute Gasteiger partial charge is 0.288 e. The molecule has 0 aliphatic carbocycles. The summed E-state index contributed by atoms with van der Waals surface area (Å²) in [6.45, 7) is 6.41. The molecule has 0 unspecified atom stereocenters. The van der Waals surface area contributed by atoms with Crippen LogP contribution in [0.25, 0.3) is 0 Å². The summed E-state index contributed by atoms with van der Waals surface area (Å²) in [4.78, 5) is 28.4. The molecule has 1 amide bonds. The van der Waals surface area contributed by atoms with E-state index in [1.165, 1.54) is 6.07 Å². The van der Waals surface area contributed by atoms with Crippen LogP contribution in [0.1, 0.15) is 37.6 Å². The molecule has 0 atom stereocenters. The molecule has 0 aliphatic heterocycles. The van der Waals surface area contributed by atoms with E-state index in [1.54, 1.807) is 11.9 Å². The zero-order valence-electron chi connectivity index (χ0n) is 12.2. The highest BCUT2D eigenvalue weighted by atomic mass is 16.6. The average molecular weight is 280 g/mol. The highest BCUT2D eigenvalue weighted by Crippen LogP contribution is 2.21. The minimum atomic E-state index is -0.553. The van der Waals surface area contributed by atoms with E-state index in [0.717, 1.165) is 12.6 Å². The maximum atomic E-state index is 12.6. The second-order valence-electron chi connectivity index (χ2n) is 4.69. The van der Waals surface area contributed by atoms with Crippen LogP contribution in [-0.4, -0.2) is 40.3 Å². The molecule has 0 saturated heterocycles. The number of nitrogens with zero attached hydrogens (tertiary/aromatic N) is 3. The summed E-state index contributed by atoms with van der Waals surface area (Å²) in [5.41, 5.74) is 0.0383. The molecule has 7 nitrogen and oxygen atoms in total. The van der Waals surface area contributed by atoms with E-state index in [-0.39, 0.29) is 23.2 Å². The van der Waals surface area contributed by atoms with Crippen molar-refractivity contribution in [2.24, 2.45) is 0 Å². The van der Waals surface area contributed by atoms with E-state index in [1.807, 2.05) is 20.8 Å². The Kier molecular flexibility index (Phi) is 5.42. The first-order chi connectivity index (χ1) is 9.42. The van der Waals surface area contributed by atoms with Crippen molar-refractivity contribution in [3.63, 3.8) is 0 Å². The predicted molar refractivity (Wildman–Crippen MR) is 76.9 cm³/mol. The van der Waals surface area contributed by atoms with Gasteiger partial charge in [-0.3, -0.25) is 14.9 Å². The van der Waals surface area contributed by atoms with Gasteiger partial charge in [0.25, 0.3) is 11.6 Å². The summed E-state index contributed by atoms with van der Waals surface area (Å²) >= 11 is 0. The third-order valence-corrected chi connectivity index (χ3v) is 2.90. The fourth-order valence-corrected chi connectivity index (χ4v) is 1.91. The van der Waals surface area contributed by atoms with Crippen LogP contribution in [0.3, 0.4) is 0 Å². The van der Waals surface area contributed by atoms with Crippen molar-refractivity contribution < 1.29 is 9.72 Å². The van der Waals surface area contributed by atoms with E-state index in [2.05, 4.69) is 10.3 Å². The number of rotatable bonds is 6. The molecule has 0 radical (unpaired) electrons. The van der Waals surface area contributed by atoms with Crippen molar-refractivity contribution in [1.82, 2.24) is 9.88 Å². The Morgan fingerprint density at radius 2 is 2.20 bits per heavy atom. The molecule has 0 spiro atoms. The van der Waals surface area contributed by atoms with Gasteiger partial charge in [-0.1, -0.05) is 6.92 Å². The van der Waals surface area contributed by atoms with Crippen molar-refractivity contribution in [2.75, 3.05) is 18.9 Å². The minimum Gasteiger partial charge on any atom is -0.372 e. The molecule has 0 aliphatic rings. The van der Waals surface area contributed by atoms with Gasteiger partial charge in [0, 0.05) is 25.7 Å². The lowest BCUT2D eigenvalue weighted by Gasteiger charge is -2.26. The van der Waals surface area contributed by atoms with Gasteiger partial charge >= 0.3 is 0 Å². The van der Waals surface area contributed by atoms with Gasteiger partial charge in [0.2, 0.25) is 0 Å². The number of aromatic nitrogens is 1. The molecule has 20 heavy (non-hydrogen) atoms. The molecule has 0 fully saturated rings. The van der Waals surface area contributed by atoms with E-state index >= 15 is 0 Å². The molecule has 1 aromatic heterocycles. The molecule has 7 heteroatoms. The lowest BCUT2D eigenvalue weighted by Crippen LogP contribution is -2.38. The first-order valence-electron chi connectivity index (χ1n) is 6.55. The molecular formula is C13H20N4O3. The lowest BCUT2D eigenvalue weighted by atomic mass is 10.1. The SMILES string of the molecule is CCCN(C(=O)c1cc([N+](=O)[O-])cnc1NC)C(C)C. The predicted octanol–water partition coefficient (Wildman–Crippen LogP) is 2.29. The summed E-state index contributed by atoms with van der Waals surface area (Å²) in [6.07, 6.45) is 1.96. The topological polar surface area (TPSA) is 88.4 Å². The fraction of sp³-hybridized carbons (Fsp3) is 0.538. The Balaban J connectivity index is 3.23. The van der Waals surface area contributed by atoms with Crippen LogP contribution in [0.15, 0.2) is 12.3 Å². The molecule has 0 aromatic carbocycles. The van der Waals surface area contributed by atoms with Crippen LogP contribution in [0, 0.1) is 10.1 Å². The average Bonchev–Trinajstić information content (AvgIpc) is 2.42. The zero-order chi connectivity index (χ0) is 15.3. The second-order valence-corrected chi connectivity index (χ2v) is 4.69. The van der Waals surface area contributed by atoms with Crippen LogP contribution >= 0.6 is 0 Å². The molecule has 0 bridgehead atoms. The second kappa shape index (κ2) is 6.83. The molecule has 0 saturated carbocycles. The number of nitro groups is 1. The number of hydrogen-bond acceptors (Lipinski definition) is 5. The van der Waals surface area contributed by atoms with Crippen LogP contribution in [-0.2, 0) is 0 Å². The first kappa shape index (κ1) is 15.9. The third kappa shape index (κ3) is 3.43. The zero-order valence-corrected chi connectivity index (χ0v) is 12.2. The van der Waals surface area contributed by atoms with Gasteiger partial charge in [0.15, 0.2) is 0 Å². The maximum Gasteiger partial charge on any atom is 0.288 e. The molecule has 110 valence electrons. The number of carbonyl (C=O) groups excluding carboxylic acids is 1. The quantitative estimate of drug-likeness (QED) is 0.638. The van der Waals surface area contributed by atoms with Crippen LogP contribution < -0.4 is 5.32 Å². The fourth-order valence-electron chi connectivity index (χ4n) is 1.91. The van der Waals surface area contributed by atoms with Crippen LogP contribution in [0.2, 0.25) is 0 Å². The van der Waals surface area contributed by atoms with E-state index in [4.69, 9.17) is 0 Å². The molecule has 1 heterocycles. The maximum absolute atomic E-state index is 12.6. The molecular weight excluding hydrogens is 260 g/mol. The Hall–Kier alpha value is -2.18. The first-order valence-corrected chi connectivity index (χ1v) is 6.55. The van der Waals surface area contributed by atoms with Gasteiger partial charge in [-0.25, -0.2) is 4.98 Å². The molecule has 1 aromatic rings. The van der Waals surface area contributed by atoms with E-state index in [0.29, 0.717) is 12.4 Å². The molecule has 1 N–H and O–H groups in total. The minimum absolute atomic E-state index is 0.0198. The number of amides is 1. The van der Waals surface area contributed by atoms with Crippen molar-refractivity contribution in [3.8, 4) is 0 Å². The Morgan fingerprint density at radius 3 is 2.65 bits per heavy atom. The number of anilines is 1. The summed E-state index contributed by atoms with van der Waals surface area (Å²) in [5.74, 6) is 0.102. The summed E-state index contributed by atoms with van der Waals surface area (Å²) in [5, 5.41) is 13.6. The van der Waals surface area contributed by atoms with Gasteiger partial charge in [0.1, 0.15) is 12.0 Å². The Bertz CT molecular complexity index is 502. The third-order valence-electron chi connectivity index (χ3n) is 2.90. The van der Waals surface area contributed by atoms with Gasteiger partial charge in [-0.2, -0.15) is 0 Å². The molecule has 1 rings (SSSR count). The van der Waals surface area contributed by atoms with E-state index in [9.17, 15) is 14.9 Å². The highest BCUT2D eigenvalue weighted by molar-refractivity contribution is 5.99. The number of hydrogen-bond donors (Lipinski definition) is 1. The van der Waals surface area contributed by atoms with Crippen molar-refractivity contribution in [2.45, 2.75) is 33.2 Å². The van der Waals surface area contributed by atoms with Crippen molar-refractivity contribution >= 4 is 17.4 Å². The number of nitrogens with one attached hydrogen (secondary N) is 1.